The molecule has 0 heterocycles. The number of hydrogen-bond donors (Lipinski definition) is 0. The van der Waals surface area contributed by atoms with Gasteiger partial charge in [0.1, 0.15) is 0 Å². The third-order valence-electron chi connectivity index (χ3n) is 1.91. The summed E-state index contributed by atoms with van der Waals surface area (Å²) in [6.07, 6.45) is 0.250. The molecule has 1 aromatic rings. The molecule has 16 heavy (non-hydrogen) atoms. The standard InChI is InChI=1S/C9H7F2NO4/c1-5-2-3-7(12(14)15)8(6(5)4-13)16-9(10)11/h2-4,9H,1H3. The topological polar surface area (TPSA) is 69.4 Å². The van der Waals surface area contributed by atoms with Crippen molar-refractivity contribution in [3.8, 4) is 5.75 Å². The van der Waals surface area contributed by atoms with Crippen molar-refractivity contribution in [3.63, 3.8) is 0 Å². The minimum atomic E-state index is -3.22. The molecule has 0 amide bonds. The average Bonchev–Trinajstić information content (AvgIpc) is 2.16. The minimum Gasteiger partial charge on any atom is -0.427 e. The number of ether oxygens (including phenoxy) is 1. The summed E-state index contributed by atoms with van der Waals surface area (Å²) in [5.41, 5.74) is -0.571. The van der Waals surface area contributed by atoms with Crippen molar-refractivity contribution < 1.29 is 23.2 Å². The fourth-order valence-corrected chi connectivity index (χ4v) is 1.19. The van der Waals surface area contributed by atoms with E-state index in [1.807, 2.05) is 0 Å². The van der Waals surface area contributed by atoms with Crippen molar-refractivity contribution in [1.29, 1.82) is 0 Å². The second-order valence-corrected chi connectivity index (χ2v) is 2.90. The highest BCUT2D eigenvalue weighted by Gasteiger charge is 2.23. The number of aldehydes is 1. The zero-order chi connectivity index (χ0) is 12.3. The van der Waals surface area contributed by atoms with Gasteiger partial charge in [-0.25, -0.2) is 0 Å². The molecule has 0 aliphatic rings. The fraction of sp³-hybridized carbons (Fsp3) is 0.222. The Labute approximate surface area is 88.8 Å². The number of carbonyl (C=O) groups is 1. The quantitative estimate of drug-likeness (QED) is 0.453. The van der Waals surface area contributed by atoms with Gasteiger partial charge in [0.25, 0.3) is 0 Å². The smallest absolute Gasteiger partial charge is 0.387 e. The molecule has 0 atom stereocenters. The first-order valence-electron chi connectivity index (χ1n) is 4.15. The monoisotopic (exact) mass is 231 g/mol. The van der Waals surface area contributed by atoms with E-state index in [9.17, 15) is 23.7 Å². The van der Waals surface area contributed by atoms with E-state index in [4.69, 9.17) is 0 Å². The number of aryl methyl sites for hydroxylation is 1. The van der Waals surface area contributed by atoms with E-state index >= 15 is 0 Å². The number of carbonyl (C=O) groups excluding carboxylic acids is 1. The Bertz CT molecular complexity index is 434. The summed E-state index contributed by atoms with van der Waals surface area (Å²) in [6.45, 7) is -1.76. The molecule has 0 aromatic heterocycles. The molecule has 0 saturated carbocycles. The van der Waals surface area contributed by atoms with Gasteiger partial charge in [0.15, 0.2) is 6.29 Å². The van der Waals surface area contributed by atoms with E-state index < -0.39 is 23.0 Å². The maximum Gasteiger partial charge on any atom is 0.387 e. The second kappa shape index (κ2) is 4.65. The number of rotatable bonds is 4. The van der Waals surface area contributed by atoms with Crippen LogP contribution >= 0.6 is 0 Å². The van der Waals surface area contributed by atoms with Gasteiger partial charge in [0.05, 0.1) is 10.5 Å². The molecular weight excluding hydrogens is 224 g/mol. The van der Waals surface area contributed by atoms with E-state index in [1.165, 1.54) is 13.0 Å². The first-order chi connectivity index (χ1) is 7.47. The normalized spacial score (nSPS) is 10.2. The molecule has 0 aliphatic heterocycles. The van der Waals surface area contributed by atoms with Crippen LogP contribution in [-0.4, -0.2) is 17.8 Å². The zero-order valence-corrected chi connectivity index (χ0v) is 8.15. The number of hydrogen-bond acceptors (Lipinski definition) is 4. The summed E-state index contributed by atoms with van der Waals surface area (Å²) in [6, 6.07) is 2.31. The van der Waals surface area contributed by atoms with Gasteiger partial charge in [0, 0.05) is 6.07 Å². The van der Waals surface area contributed by atoms with Crippen LogP contribution < -0.4 is 4.74 Å². The lowest BCUT2D eigenvalue weighted by atomic mass is 10.1. The summed E-state index contributed by atoms with van der Waals surface area (Å²) >= 11 is 0. The fourth-order valence-electron chi connectivity index (χ4n) is 1.19. The molecule has 1 rings (SSSR count). The van der Waals surface area contributed by atoms with Crippen molar-refractivity contribution in [3.05, 3.63) is 33.4 Å². The maximum atomic E-state index is 12.1. The number of halogens is 2. The van der Waals surface area contributed by atoms with Crippen LogP contribution in [0.2, 0.25) is 0 Å². The van der Waals surface area contributed by atoms with Crippen LogP contribution in [0.25, 0.3) is 0 Å². The highest BCUT2D eigenvalue weighted by atomic mass is 19.3. The van der Waals surface area contributed by atoms with Gasteiger partial charge >= 0.3 is 12.3 Å². The lowest BCUT2D eigenvalue weighted by Crippen LogP contribution is -2.08. The predicted octanol–water partition coefficient (Wildman–Crippen LogP) is 2.32. The van der Waals surface area contributed by atoms with Gasteiger partial charge in [0.2, 0.25) is 5.75 Å². The zero-order valence-electron chi connectivity index (χ0n) is 8.15. The van der Waals surface area contributed by atoms with Crippen molar-refractivity contribution in [2.24, 2.45) is 0 Å². The summed E-state index contributed by atoms with van der Waals surface area (Å²) in [4.78, 5) is 20.3. The number of benzene rings is 1. The summed E-state index contributed by atoms with van der Waals surface area (Å²) in [5, 5.41) is 10.5. The van der Waals surface area contributed by atoms with E-state index in [0.29, 0.717) is 5.56 Å². The van der Waals surface area contributed by atoms with Crippen molar-refractivity contribution in [2.75, 3.05) is 0 Å². The van der Waals surface area contributed by atoms with Gasteiger partial charge in [-0.3, -0.25) is 14.9 Å². The predicted molar refractivity (Wildman–Crippen MR) is 49.9 cm³/mol. The number of nitro benzene ring substituents is 1. The Morgan fingerprint density at radius 2 is 2.12 bits per heavy atom. The average molecular weight is 231 g/mol. The molecule has 0 bridgehead atoms. The van der Waals surface area contributed by atoms with Gasteiger partial charge in [-0.1, -0.05) is 6.07 Å². The molecule has 0 N–H and O–H groups in total. The highest BCUT2D eigenvalue weighted by Crippen LogP contribution is 2.33. The van der Waals surface area contributed by atoms with E-state index in [0.717, 1.165) is 6.07 Å². The third kappa shape index (κ3) is 2.30. The number of nitrogens with zero attached hydrogens (tertiary/aromatic N) is 1. The largest absolute Gasteiger partial charge is 0.427 e. The molecule has 86 valence electrons. The van der Waals surface area contributed by atoms with Crippen molar-refractivity contribution in [1.82, 2.24) is 0 Å². The summed E-state index contributed by atoms with van der Waals surface area (Å²) < 4.78 is 28.1. The van der Waals surface area contributed by atoms with Crippen LogP contribution in [0.1, 0.15) is 15.9 Å². The molecule has 1 aromatic carbocycles. The first kappa shape index (κ1) is 12.0. The Balaban J connectivity index is 3.40. The highest BCUT2D eigenvalue weighted by molar-refractivity contribution is 5.84. The molecule has 0 aliphatic carbocycles. The molecule has 0 spiro atoms. The molecule has 5 nitrogen and oxygen atoms in total. The van der Waals surface area contributed by atoms with E-state index in [1.54, 1.807) is 0 Å². The Kier molecular flexibility index (Phi) is 3.49. The first-order valence-corrected chi connectivity index (χ1v) is 4.15. The Hall–Kier alpha value is -2.05. The molecular formula is C9H7F2NO4. The molecule has 7 heteroatoms. The van der Waals surface area contributed by atoms with Gasteiger partial charge in [-0.2, -0.15) is 8.78 Å². The van der Waals surface area contributed by atoms with Crippen molar-refractivity contribution in [2.45, 2.75) is 13.5 Å². The molecule has 0 saturated heterocycles. The lowest BCUT2D eigenvalue weighted by Gasteiger charge is -2.09. The lowest BCUT2D eigenvalue weighted by molar-refractivity contribution is -0.386. The third-order valence-corrected chi connectivity index (χ3v) is 1.91. The van der Waals surface area contributed by atoms with Crippen LogP contribution in [-0.2, 0) is 0 Å². The summed E-state index contributed by atoms with van der Waals surface area (Å²) in [5.74, 6) is -0.699. The Morgan fingerprint density at radius 1 is 1.50 bits per heavy atom. The number of nitro groups is 1. The molecule has 0 radical (unpaired) electrons. The number of alkyl halides is 2. The SMILES string of the molecule is Cc1ccc([N+](=O)[O-])c(OC(F)F)c1C=O. The van der Waals surface area contributed by atoms with Crippen LogP contribution in [0.15, 0.2) is 12.1 Å². The maximum absolute atomic E-state index is 12.1. The van der Waals surface area contributed by atoms with Crippen LogP contribution in [0.4, 0.5) is 14.5 Å². The summed E-state index contributed by atoms with van der Waals surface area (Å²) in [7, 11) is 0. The van der Waals surface area contributed by atoms with E-state index in [2.05, 4.69) is 4.74 Å². The van der Waals surface area contributed by atoms with Crippen LogP contribution in [0.5, 0.6) is 5.75 Å². The van der Waals surface area contributed by atoms with Crippen molar-refractivity contribution >= 4 is 12.0 Å². The van der Waals surface area contributed by atoms with Gasteiger partial charge in [-0.05, 0) is 12.5 Å². The Morgan fingerprint density at radius 3 is 2.56 bits per heavy atom. The van der Waals surface area contributed by atoms with Crippen LogP contribution in [0, 0.1) is 17.0 Å². The van der Waals surface area contributed by atoms with Crippen LogP contribution in [0.3, 0.4) is 0 Å². The van der Waals surface area contributed by atoms with E-state index in [-0.39, 0.29) is 11.8 Å². The second-order valence-electron chi connectivity index (χ2n) is 2.90. The minimum absolute atomic E-state index is 0.241. The molecule has 0 unspecified atom stereocenters. The van der Waals surface area contributed by atoms with Gasteiger partial charge < -0.3 is 4.74 Å². The van der Waals surface area contributed by atoms with Gasteiger partial charge in [-0.15, -0.1) is 0 Å². The molecule has 0 fully saturated rings.